The van der Waals surface area contributed by atoms with Crippen molar-refractivity contribution in [1.82, 2.24) is 4.98 Å². The summed E-state index contributed by atoms with van der Waals surface area (Å²) in [5, 5.41) is 11.8. The number of rotatable bonds is 5. The number of nitrogens with zero attached hydrogens (tertiary/aromatic N) is 1. The molecule has 0 aliphatic carbocycles. The number of anilines is 1. The number of pyridine rings is 1. The van der Waals surface area contributed by atoms with E-state index in [0.717, 1.165) is 17.7 Å². The number of carbonyl (C=O) groups is 2. The lowest BCUT2D eigenvalue weighted by molar-refractivity contribution is 0.0696. The van der Waals surface area contributed by atoms with E-state index in [1.807, 2.05) is 13.0 Å². The van der Waals surface area contributed by atoms with Crippen LogP contribution in [0.5, 0.6) is 0 Å². The highest BCUT2D eigenvalue weighted by Gasteiger charge is 2.21. The number of benzene rings is 1. The van der Waals surface area contributed by atoms with E-state index in [2.05, 4.69) is 44.9 Å². The van der Waals surface area contributed by atoms with Crippen LogP contribution in [0.3, 0.4) is 0 Å². The maximum Gasteiger partial charge on any atom is 0.335 e. The van der Waals surface area contributed by atoms with Crippen molar-refractivity contribution in [1.29, 1.82) is 0 Å². The lowest BCUT2D eigenvalue weighted by Gasteiger charge is -2.23. The Morgan fingerprint density at radius 1 is 1.15 bits per heavy atom. The van der Waals surface area contributed by atoms with Gasteiger partial charge in [-0.3, -0.25) is 4.79 Å². The standard InChI is InChI=1S/C22H28N2O3/c1-13(2)19-14(3)11-17(24-18(19)12-22(4,5)6)20(25)23-16-9-7-15(8-10-16)21(26)27/h7-11,13H,12H2,1-6H3,(H,23,25)(H,26,27). The van der Waals surface area contributed by atoms with Crippen molar-refractivity contribution in [2.45, 2.75) is 53.9 Å². The van der Waals surface area contributed by atoms with E-state index in [1.54, 1.807) is 12.1 Å². The molecule has 1 aromatic heterocycles. The van der Waals surface area contributed by atoms with Gasteiger partial charge in [0.1, 0.15) is 5.69 Å². The molecule has 0 aliphatic rings. The zero-order valence-electron chi connectivity index (χ0n) is 16.9. The predicted molar refractivity (Wildman–Crippen MR) is 108 cm³/mol. The first-order valence-corrected chi connectivity index (χ1v) is 9.13. The van der Waals surface area contributed by atoms with Gasteiger partial charge in [0, 0.05) is 11.4 Å². The van der Waals surface area contributed by atoms with Gasteiger partial charge in [-0.15, -0.1) is 0 Å². The van der Waals surface area contributed by atoms with Crippen LogP contribution in [0.25, 0.3) is 0 Å². The van der Waals surface area contributed by atoms with Crippen molar-refractivity contribution >= 4 is 17.6 Å². The first kappa shape index (κ1) is 20.6. The van der Waals surface area contributed by atoms with Gasteiger partial charge in [-0.05, 0) is 66.1 Å². The van der Waals surface area contributed by atoms with Gasteiger partial charge in [0.25, 0.3) is 5.91 Å². The fraction of sp³-hybridized carbons (Fsp3) is 0.409. The minimum absolute atomic E-state index is 0.0604. The Morgan fingerprint density at radius 3 is 2.22 bits per heavy atom. The van der Waals surface area contributed by atoms with Crippen molar-refractivity contribution in [2.24, 2.45) is 5.41 Å². The lowest BCUT2D eigenvalue weighted by atomic mass is 9.85. The summed E-state index contributed by atoms with van der Waals surface area (Å²) < 4.78 is 0. The van der Waals surface area contributed by atoms with Gasteiger partial charge < -0.3 is 10.4 Å². The summed E-state index contributed by atoms with van der Waals surface area (Å²) in [6.45, 7) is 12.8. The number of carbonyl (C=O) groups excluding carboxylic acids is 1. The number of carboxylic acids is 1. The van der Waals surface area contributed by atoms with E-state index < -0.39 is 5.97 Å². The van der Waals surface area contributed by atoms with E-state index in [1.165, 1.54) is 17.7 Å². The Morgan fingerprint density at radius 2 is 1.74 bits per heavy atom. The fourth-order valence-electron chi connectivity index (χ4n) is 3.18. The summed E-state index contributed by atoms with van der Waals surface area (Å²) in [6, 6.07) is 7.90. The van der Waals surface area contributed by atoms with Crippen molar-refractivity contribution in [3.05, 3.63) is 58.4 Å². The smallest absolute Gasteiger partial charge is 0.335 e. The molecule has 0 aliphatic heterocycles. The minimum Gasteiger partial charge on any atom is -0.478 e. The highest BCUT2D eigenvalue weighted by Crippen LogP contribution is 2.29. The van der Waals surface area contributed by atoms with Gasteiger partial charge in [-0.2, -0.15) is 0 Å². The normalized spacial score (nSPS) is 11.5. The Labute approximate surface area is 160 Å². The first-order valence-electron chi connectivity index (χ1n) is 9.13. The molecule has 0 radical (unpaired) electrons. The molecule has 0 atom stereocenters. The van der Waals surface area contributed by atoms with Crippen LogP contribution in [0.15, 0.2) is 30.3 Å². The number of hydrogen-bond acceptors (Lipinski definition) is 3. The number of amides is 1. The van der Waals surface area contributed by atoms with Crippen LogP contribution in [-0.2, 0) is 6.42 Å². The van der Waals surface area contributed by atoms with E-state index in [4.69, 9.17) is 5.11 Å². The zero-order valence-corrected chi connectivity index (χ0v) is 16.9. The van der Waals surface area contributed by atoms with Crippen molar-refractivity contribution in [3.63, 3.8) is 0 Å². The zero-order chi connectivity index (χ0) is 20.4. The quantitative estimate of drug-likeness (QED) is 0.774. The number of aryl methyl sites for hydroxylation is 1. The molecule has 1 amide bonds. The van der Waals surface area contributed by atoms with Crippen LogP contribution >= 0.6 is 0 Å². The summed E-state index contributed by atoms with van der Waals surface area (Å²) in [7, 11) is 0. The molecule has 27 heavy (non-hydrogen) atoms. The Balaban J connectivity index is 2.33. The highest BCUT2D eigenvalue weighted by atomic mass is 16.4. The van der Waals surface area contributed by atoms with E-state index in [-0.39, 0.29) is 16.9 Å². The number of hydrogen-bond donors (Lipinski definition) is 2. The van der Waals surface area contributed by atoms with Gasteiger partial charge >= 0.3 is 5.97 Å². The molecule has 0 spiro atoms. The molecule has 2 rings (SSSR count). The third-order valence-electron chi connectivity index (χ3n) is 4.24. The van der Waals surface area contributed by atoms with Gasteiger partial charge in [0.05, 0.1) is 5.56 Å². The largest absolute Gasteiger partial charge is 0.478 e. The van der Waals surface area contributed by atoms with Crippen molar-refractivity contribution < 1.29 is 14.7 Å². The number of carboxylic acid groups (broad SMARTS) is 1. The van der Waals surface area contributed by atoms with Crippen LogP contribution in [0.2, 0.25) is 0 Å². The molecule has 0 saturated carbocycles. The number of nitrogens with one attached hydrogen (secondary N) is 1. The number of aromatic nitrogens is 1. The Kier molecular flexibility index (Phi) is 6.04. The molecule has 2 N–H and O–H groups in total. The molecule has 1 heterocycles. The molecule has 5 heteroatoms. The molecule has 5 nitrogen and oxygen atoms in total. The molecular formula is C22H28N2O3. The topological polar surface area (TPSA) is 79.3 Å². The van der Waals surface area contributed by atoms with Crippen molar-refractivity contribution in [3.8, 4) is 0 Å². The monoisotopic (exact) mass is 368 g/mol. The van der Waals surface area contributed by atoms with Crippen LogP contribution < -0.4 is 5.32 Å². The Hall–Kier alpha value is -2.69. The van der Waals surface area contributed by atoms with E-state index in [9.17, 15) is 9.59 Å². The maximum absolute atomic E-state index is 12.7. The molecule has 0 unspecified atom stereocenters. The van der Waals surface area contributed by atoms with Gasteiger partial charge in [0.2, 0.25) is 0 Å². The maximum atomic E-state index is 12.7. The van der Waals surface area contributed by atoms with Crippen LogP contribution in [0, 0.1) is 12.3 Å². The highest BCUT2D eigenvalue weighted by molar-refractivity contribution is 6.03. The van der Waals surface area contributed by atoms with Gasteiger partial charge in [-0.25, -0.2) is 9.78 Å². The molecule has 2 aromatic rings. The summed E-state index contributed by atoms with van der Waals surface area (Å²) >= 11 is 0. The SMILES string of the molecule is Cc1cc(C(=O)Nc2ccc(C(=O)O)cc2)nc(CC(C)(C)C)c1C(C)C. The summed E-state index contributed by atoms with van der Waals surface area (Å²) in [5.41, 5.74) is 4.37. The van der Waals surface area contributed by atoms with Gasteiger partial charge in [-0.1, -0.05) is 34.6 Å². The second-order valence-electron chi connectivity index (χ2n) is 8.41. The predicted octanol–water partition coefficient (Wildman–Crippen LogP) is 5.05. The third-order valence-corrected chi connectivity index (χ3v) is 4.24. The average Bonchev–Trinajstić information content (AvgIpc) is 2.52. The molecule has 0 bridgehead atoms. The van der Waals surface area contributed by atoms with Gasteiger partial charge in [0.15, 0.2) is 0 Å². The number of aromatic carboxylic acids is 1. The molecule has 1 aromatic carbocycles. The third kappa shape index (κ3) is 5.39. The average molecular weight is 368 g/mol. The second-order valence-corrected chi connectivity index (χ2v) is 8.41. The molecule has 0 saturated heterocycles. The second kappa shape index (κ2) is 7.91. The summed E-state index contributed by atoms with van der Waals surface area (Å²) in [6.07, 6.45) is 0.787. The molecule has 0 fully saturated rings. The first-order chi connectivity index (χ1) is 12.5. The summed E-state index contributed by atoms with van der Waals surface area (Å²) in [5.74, 6) is -0.969. The molecule has 144 valence electrons. The van der Waals surface area contributed by atoms with Crippen LogP contribution in [0.4, 0.5) is 5.69 Å². The van der Waals surface area contributed by atoms with E-state index in [0.29, 0.717) is 17.3 Å². The minimum atomic E-state index is -0.999. The van der Waals surface area contributed by atoms with Crippen LogP contribution in [-0.4, -0.2) is 22.0 Å². The van der Waals surface area contributed by atoms with Crippen molar-refractivity contribution in [2.75, 3.05) is 5.32 Å². The Bertz CT molecular complexity index is 847. The summed E-state index contributed by atoms with van der Waals surface area (Å²) in [4.78, 5) is 28.3. The van der Waals surface area contributed by atoms with E-state index >= 15 is 0 Å². The van der Waals surface area contributed by atoms with Crippen LogP contribution in [0.1, 0.15) is 78.2 Å². The fourth-order valence-corrected chi connectivity index (χ4v) is 3.18. The molecular weight excluding hydrogens is 340 g/mol. The lowest BCUT2D eigenvalue weighted by Crippen LogP contribution is -2.19.